The molecule has 152 valence electrons. The zero-order valence-corrected chi connectivity index (χ0v) is 19.1. The van der Waals surface area contributed by atoms with E-state index < -0.39 is 0 Å². The lowest BCUT2D eigenvalue weighted by molar-refractivity contribution is 0.0715. The predicted molar refractivity (Wildman–Crippen MR) is 121 cm³/mol. The largest absolute Gasteiger partial charge is 0.308 e. The van der Waals surface area contributed by atoms with Crippen molar-refractivity contribution in [1.29, 1.82) is 0 Å². The molecule has 28 heavy (non-hydrogen) atoms. The van der Waals surface area contributed by atoms with E-state index in [9.17, 15) is 0 Å². The average Bonchev–Trinajstić information content (AvgIpc) is 3.01. The minimum atomic E-state index is -0.0300. The molecule has 3 unspecified atom stereocenters. The number of rotatable bonds is 5. The quantitative estimate of drug-likeness (QED) is 0.719. The summed E-state index contributed by atoms with van der Waals surface area (Å²) in [5.74, 6) is 0.602. The van der Waals surface area contributed by atoms with Gasteiger partial charge in [-0.15, -0.1) is 0 Å². The van der Waals surface area contributed by atoms with Gasteiger partial charge in [0.2, 0.25) is 0 Å². The molecule has 1 saturated heterocycles. The van der Waals surface area contributed by atoms with Crippen molar-refractivity contribution in [3.05, 3.63) is 69.8 Å². The molecule has 0 spiro atoms. The number of nitrogens with one attached hydrogen (secondary N) is 1. The van der Waals surface area contributed by atoms with Crippen LogP contribution in [0.1, 0.15) is 67.1 Å². The Balaban J connectivity index is 1.98. The molecule has 0 aromatic heterocycles. The zero-order chi connectivity index (χ0) is 20.6. The molecule has 3 rings (SSSR count). The van der Waals surface area contributed by atoms with Crippen molar-refractivity contribution >= 4 is 0 Å². The van der Waals surface area contributed by atoms with Gasteiger partial charge in [0.15, 0.2) is 0 Å². The van der Waals surface area contributed by atoms with Crippen molar-refractivity contribution in [2.75, 3.05) is 13.6 Å². The van der Waals surface area contributed by atoms with Crippen LogP contribution in [0.2, 0.25) is 0 Å². The topological polar surface area (TPSA) is 15.3 Å². The highest BCUT2D eigenvalue weighted by molar-refractivity contribution is 5.36. The Morgan fingerprint density at radius 1 is 1.04 bits per heavy atom. The third-order valence-electron chi connectivity index (χ3n) is 6.93. The smallest absolute Gasteiger partial charge is 0.0484 e. The Kier molecular flexibility index (Phi) is 6.03. The summed E-state index contributed by atoms with van der Waals surface area (Å²) in [6, 6.07) is 14.8. The number of benzene rings is 2. The van der Waals surface area contributed by atoms with Gasteiger partial charge < -0.3 is 5.32 Å². The van der Waals surface area contributed by atoms with Crippen LogP contribution in [0.15, 0.2) is 36.4 Å². The maximum atomic E-state index is 3.83. The van der Waals surface area contributed by atoms with Crippen molar-refractivity contribution in [3.63, 3.8) is 0 Å². The van der Waals surface area contributed by atoms with Crippen LogP contribution in [0.25, 0.3) is 0 Å². The molecule has 1 aliphatic rings. The highest BCUT2D eigenvalue weighted by atomic mass is 15.2. The Hall–Kier alpha value is -1.64. The van der Waals surface area contributed by atoms with Crippen molar-refractivity contribution < 1.29 is 0 Å². The minimum Gasteiger partial charge on any atom is -0.308 e. The van der Waals surface area contributed by atoms with E-state index in [2.05, 4.69) is 102 Å². The molecule has 0 bridgehead atoms. The van der Waals surface area contributed by atoms with E-state index in [4.69, 9.17) is 0 Å². The monoisotopic (exact) mass is 378 g/mol. The van der Waals surface area contributed by atoms with Gasteiger partial charge in [-0.2, -0.15) is 0 Å². The second-order valence-electron chi connectivity index (χ2n) is 9.44. The third kappa shape index (κ3) is 3.90. The number of hydrogen-bond acceptors (Lipinski definition) is 2. The number of nitrogens with zero attached hydrogens (tertiary/aromatic N) is 1. The fourth-order valence-corrected chi connectivity index (χ4v) is 4.95. The predicted octanol–water partition coefficient (Wildman–Crippen LogP) is 5.69. The lowest BCUT2D eigenvalue weighted by Crippen LogP contribution is -2.49. The molecule has 2 aromatic rings. The van der Waals surface area contributed by atoms with Crippen LogP contribution in [0, 0.1) is 26.7 Å². The van der Waals surface area contributed by atoms with Crippen LogP contribution in [0.4, 0.5) is 0 Å². The molecule has 2 nitrogen and oxygen atoms in total. The fraction of sp³-hybridized carbons (Fsp3) is 0.538. The summed E-state index contributed by atoms with van der Waals surface area (Å²) >= 11 is 0. The van der Waals surface area contributed by atoms with E-state index >= 15 is 0 Å². The standard InChI is InChI=1S/C26H38N2/c1-9-21-13-18(3)14-22(15-21)26(6,7)28(8)25-20(5)16-27-24(25)23-11-10-17(2)12-19(23)4/h10-15,20,24-25,27H,9,16H2,1-8H3. The SMILES string of the molecule is CCc1cc(C)cc(C(C)(C)N(C)C2C(C)CNC2c2ccc(C)cc2C)c1. The first-order valence-electron chi connectivity index (χ1n) is 10.8. The second kappa shape index (κ2) is 8.00. The van der Waals surface area contributed by atoms with E-state index in [1.165, 1.54) is 33.4 Å². The molecule has 1 fully saturated rings. The van der Waals surface area contributed by atoms with E-state index in [1.807, 2.05) is 0 Å². The molecule has 0 amide bonds. The Morgan fingerprint density at radius 2 is 1.75 bits per heavy atom. The first-order chi connectivity index (χ1) is 13.1. The van der Waals surface area contributed by atoms with Crippen LogP contribution in [-0.4, -0.2) is 24.5 Å². The van der Waals surface area contributed by atoms with E-state index in [0.717, 1.165) is 13.0 Å². The van der Waals surface area contributed by atoms with Crippen LogP contribution in [-0.2, 0) is 12.0 Å². The summed E-state index contributed by atoms with van der Waals surface area (Å²) in [6.45, 7) is 17.1. The van der Waals surface area contributed by atoms with E-state index in [-0.39, 0.29) is 5.54 Å². The summed E-state index contributed by atoms with van der Waals surface area (Å²) in [6.07, 6.45) is 1.08. The maximum absolute atomic E-state index is 3.83. The van der Waals surface area contributed by atoms with Gasteiger partial charge in [0.05, 0.1) is 0 Å². The van der Waals surface area contributed by atoms with Crippen molar-refractivity contribution in [2.24, 2.45) is 5.92 Å². The zero-order valence-electron chi connectivity index (χ0n) is 19.1. The van der Waals surface area contributed by atoms with Gasteiger partial charge in [0, 0.05) is 17.6 Å². The molecule has 2 aromatic carbocycles. The highest BCUT2D eigenvalue weighted by Crippen LogP contribution is 2.39. The molecule has 3 atom stereocenters. The van der Waals surface area contributed by atoms with Gasteiger partial charge in [-0.05, 0) is 82.8 Å². The summed E-state index contributed by atoms with van der Waals surface area (Å²) in [5, 5.41) is 3.83. The summed E-state index contributed by atoms with van der Waals surface area (Å²) in [4.78, 5) is 2.62. The summed E-state index contributed by atoms with van der Waals surface area (Å²) in [7, 11) is 2.32. The first-order valence-corrected chi connectivity index (χ1v) is 10.8. The van der Waals surface area contributed by atoms with Gasteiger partial charge in [-0.1, -0.05) is 61.4 Å². The van der Waals surface area contributed by atoms with Gasteiger partial charge in [0.1, 0.15) is 0 Å². The highest BCUT2D eigenvalue weighted by Gasteiger charge is 2.42. The molecule has 1 aliphatic heterocycles. The molecular formula is C26H38N2. The third-order valence-corrected chi connectivity index (χ3v) is 6.93. The molecule has 1 heterocycles. The molecule has 2 heteroatoms. The fourth-order valence-electron chi connectivity index (χ4n) is 4.95. The van der Waals surface area contributed by atoms with Crippen LogP contribution >= 0.6 is 0 Å². The molecule has 0 aliphatic carbocycles. The van der Waals surface area contributed by atoms with Gasteiger partial charge >= 0.3 is 0 Å². The van der Waals surface area contributed by atoms with Crippen molar-refractivity contribution in [1.82, 2.24) is 10.2 Å². The Labute approximate surface area is 172 Å². The van der Waals surface area contributed by atoms with Crippen LogP contribution in [0.5, 0.6) is 0 Å². The van der Waals surface area contributed by atoms with Gasteiger partial charge in [0.25, 0.3) is 0 Å². The van der Waals surface area contributed by atoms with Crippen LogP contribution < -0.4 is 5.32 Å². The maximum Gasteiger partial charge on any atom is 0.0484 e. The van der Waals surface area contributed by atoms with Crippen molar-refractivity contribution in [3.8, 4) is 0 Å². The van der Waals surface area contributed by atoms with E-state index in [0.29, 0.717) is 18.0 Å². The van der Waals surface area contributed by atoms with E-state index in [1.54, 1.807) is 0 Å². The minimum absolute atomic E-state index is 0.0300. The molecular weight excluding hydrogens is 340 g/mol. The second-order valence-corrected chi connectivity index (χ2v) is 9.44. The van der Waals surface area contributed by atoms with Crippen molar-refractivity contribution in [2.45, 2.75) is 72.5 Å². The molecule has 0 radical (unpaired) electrons. The number of hydrogen-bond donors (Lipinski definition) is 1. The molecule has 0 saturated carbocycles. The normalized spacial score (nSPS) is 22.8. The lowest BCUT2D eigenvalue weighted by atomic mass is 9.84. The number of aryl methyl sites for hydroxylation is 4. The summed E-state index contributed by atoms with van der Waals surface area (Å²) < 4.78 is 0. The average molecular weight is 379 g/mol. The summed E-state index contributed by atoms with van der Waals surface area (Å²) in [5.41, 5.74) is 8.36. The first kappa shape index (κ1) is 21.1. The Morgan fingerprint density at radius 3 is 2.39 bits per heavy atom. The van der Waals surface area contributed by atoms with Gasteiger partial charge in [-0.3, -0.25) is 4.90 Å². The molecule has 1 N–H and O–H groups in total. The van der Waals surface area contributed by atoms with Crippen LogP contribution in [0.3, 0.4) is 0 Å². The number of likely N-dealkylation sites (N-methyl/N-ethyl adjacent to an activating group) is 1. The Bertz CT molecular complexity index is 836. The lowest BCUT2D eigenvalue weighted by Gasteiger charge is -2.44. The van der Waals surface area contributed by atoms with Gasteiger partial charge in [-0.25, -0.2) is 0 Å².